The van der Waals surface area contributed by atoms with Crippen LogP contribution >= 0.6 is 0 Å². The Bertz CT molecular complexity index is 613. The number of rotatable bonds is 3. The first-order chi connectivity index (χ1) is 10.4. The van der Waals surface area contributed by atoms with Crippen LogP contribution in [0.1, 0.15) is 17.7 Å². The molecular weight excluding hydrogens is 266 g/mol. The number of hydrogen-bond donors (Lipinski definition) is 0. The molecule has 0 saturated carbocycles. The van der Waals surface area contributed by atoms with Crippen LogP contribution in [0, 0.1) is 0 Å². The van der Waals surface area contributed by atoms with Crippen molar-refractivity contribution in [3.63, 3.8) is 0 Å². The van der Waals surface area contributed by atoms with Crippen LogP contribution in [0.3, 0.4) is 0 Å². The number of ether oxygens (including phenoxy) is 1. The van der Waals surface area contributed by atoms with Crippen LogP contribution < -0.4 is 4.90 Å². The van der Waals surface area contributed by atoms with Crippen molar-refractivity contribution in [3.05, 3.63) is 36.0 Å². The zero-order valence-electron chi connectivity index (χ0n) is 12.0. The zero-order chi connectivity index (χ0) is 14.1. The lowest BCUT2D eigenvalue weighted by atomic mass is 10.2. The Balaban J connectivity index is 1.52. The van der Waals surface area contributed by atoms with E-state index in [1.165, 1.54) is 17.7 Å². The maximum absolute atomic E-state index is 5.88. The molecule has 0 aromatic carbocycles. The topological polar surface area (TPSA) is 56.1 Å². The molecule has 2 aromatic heterocycles. The smallest absolute Gasteiger partial charge is 0.135 e. The van der Waals surface area contributed by atoms with E-state index in [4.69, 9.17) is 4.74 Å². The van der Waals surface area contributed by atoms with Crippen LogP contribution in [0.4, 0.5) is 5.82 Å². The molecule has 21 heavy (non-hydrogen) atoms. The highest BCUT2D eigenvalue weighted by Gasteiger charge is 2.26. The van der Waals surface area contributed by atoms with Gasteiger partial charge in [-0.2, -0.15) is 5.10 Å². The predicted molar refractivity (Wildman–Crippen MR) is 78.2 cm³/mol. The summed E-state index contributed by atoms with van der Waals surface area (Å²) >= 11 is 0. The predicted octanol–water partition coefficient (Wildman–Crippen LogP) is 1.07. The van der Waals surface area contributed by atoms with E-state index in [1.807, 2.05) is 16.9 Å². The van der Waals surface area contributed by atoms with Crippen LogP contribution in [0.15, 0.2) is 24.8 Å². The van der Waals surface area contributed by atoms with Gasteiger partial charge in [-0.15, -0.1) is 0 Å². The first-order valence-electron chi connectivity index (χ1n) is 7.57. The number of fused-ring (bicyclic) bond motifs is 1. The van der Waals surface area contributed by atoms with Gasteiger partial charge in [0.2, 0.25) is 0 Å². The Morgan fingerprint density at radius 2 is 2.29 bits per heavy atom. The minimum Gasteiger partial charge on any atom is -0.373 e. The standard InChI is InChI=1S/C15H19N5O/c1-3-13-14(4-1)16-11-17-15(13)19-7-8-21-12(9-19)10-20-6-2-5-18-20/h2,5-6,11-12H,1,3-4,7-10H2. The molecule has 1 saturated heterocycles. The van der Waals surface area contributed by atoms with Crippen LogP contribution in [-0.2, 0) is 24.1 Å². The van der Waals surface area contributed by atoms with Gasteiger partial charge in [-0.05, 0) is 25.3 Å². The Kier molecular flexibility index (Phi) is 3.31. The van der Waals surface area contributed by atoms with Gasteiger partial charge in [0.15, 0.2) is 0 Å². The van der Waals surface area contributed by atoms with Gasteiger partial charge in [0, 0.05) is 36.7 Å². The Morgan fingerprint density at radius 3 is 3.19 bits per heavy atom. The lowest BCUT2D eigenvalue weighted by molar-refractivity contribution is 0.0271. The van der Waals surface area contributed by atoms with E-state index in [1.54, 1.807) is 12.5 Å². The fourth-order valence-corrected chi connectivity index (χ4v) is 3.25. The fourth-order valence-electron chi connectivity index (χ4n) is 3.25. The number of anilines is 1. The summed E-state index contributed by atoms with van der Waals surface area (Å²) < 4.78 is 7.81. The highest BCUT2D eigenvalue weighted by Crippen LogP contribution is 2.28. The molecule has 1 unspecified atom stereocenters. The van der Waals surface area contributed by atoms with Crippen LogP contribution in [0.5, 0.6) is 0 Å². The molecule has 0 spiro atoms. The van der Waals surface area contributed by atoms with E-state index in [9.17, 15) is 0 Å². The van der Waals surface area contributed by atoms with Crippen molar-refractivity contribution in [1.82, 2.24) is 19.7 Å². The second-order valence-corrected chi connectivity index (χ2v) is 5.64. The second kappa shape index (κ2) is 5.44. The van der Waals surface area contributed by atoms with Gasteiger partial charge >= 0.3 is 0 Å². The highest BCUT2D eigenvalue weighted by atomic mass is 16.5. The summed E-state index contributed by atoms with van der Waals surface area (Å²) in [6, 6.07) is 1.94. The third-order valence-electron chi connectivity index (χ3n) is 4.24. The maximum Gasteiger partial charge on any atom is 0.135 e. The summed E-state index contributed by atoms with van der Waals surface area (Å²) in [4.78, 5) is 11.3. The Hall–Kier alpha value is -1.95. The van der Waals surface area contributed by atoms with Gasteiger partial charge in [0.25, 0.3) is 0 Å². The molecule has 2 aliphatic rings. The van der Waals surface area contributed by atoms with Crippen molar-refractivity contribution >= 4 is 5.82 Å². The van der Waals surface area contributed by atoms with E-state index in [0.717, 1.165) is 44.9 Å². The van der Waals surface area contributed by atoms with Crippen LogP contribution in [0.2, 0.25) is 0 Å². The Labute approximate surface area is 123 Å². The first-order valence-corrected chi connectivity index (χ1v) is 7.57. The van der Waals surface area contributed by atoms with Crippen molar-refractivity contribution in [2.24, 2.45) is 0 Å². The maximum atomic E-state index is 5.88. The molecule has 0 bridgehead atoms. The molecule has 6 nitrogen and oxygen atoms in total. The summed E-state index contributed by atoms with van der Waals surface area (Å²) in [6.07, 6.45) is 9.03. The van der Waals surface area contributed by atoms with Gasteiger partial charge in [-0.3, -0.25) is 4.68 Å². The largest absolute Gasteiger partial charge is 0.373 e. The van der Waals surface area contributed by atoms with E-state index in [2.05, 4.69) is 20.0 Å². The average Bonchev–Trinajstić information content (AvgIpc) is 3.18. The van der Waals surface area contributed by atoms with Crippen LogP contribution in [0.25, 0.3) is 0 Å². The van der Waals surface area contributed by atoms with E-state index in [0.29, 0.717) is 0 Å². The second-order valence-electron chi connectivity index (χ2n) is 5.64. The molecule has 4 rings (SSSR count). The number of morpholine rings is 1. The number of aromatic nitrogens is 4. The summed E-state index contributed by atoms with van der Waals surface area (Å²) in [6.45, 7) is 3.30. The van der Waals surface area contributed by atoms with E-state index < -0.39 is 0 Å². The number of nitrogens with zero attached hydrogens (tertiary/aromatic N) is 5. The molecule has 3 heterocycles. The third kappa shape index (κ3) is 2.51. The molecule has 0 radical (unpaired) electrons. The van der Waals surface area contributed by atoms with Gasteiger partial charge in [0.05, 0.1) is 19.3 Å². The van der Waals surface area contributed by atoms with E-state index >= 15 is 0 Å². The Morgan fingerprint density at radius 1 is 1.29 bits per heavy atom. The van der Waals surface area contributed by atoms with Crippen molar-refractivity contribution in [1.29, 1.82) is 0 Å². The fraction of sp³-hybridized carbons (Fsp3) is 0.533. The molecule has 1 fully saturated rings. The van der Waals surface area contributed by atoms with Gasteiger partial charge in [-0.1, -0.05) is 0 Å². The lowest BCUT2D eigenvalue weighted by Crippen LogP contribution is -2.45. The summed E-state index contributed by atoms with van der Waals surface area (Å²) in [5.74, 6) is 1.12. The molecule has 0 amide bonds. The van der Waals surface area contributed by atoms with Gasteiger partial charge < -0.3 is 9.64 Å². The minimum atomic E-state index is 0.158. The van der Waals surface area contributed by atoms with Crippen LogP contribution in [-0.4, -0.2) is 45.5 Å². The quantitative estimate of drug-likeness (QED) is 0.844. The lowest BCUT2D eigenvalue weighted by Gasteiger charge is -2.34. The van der Waals surface area contributed by atoms with Gasteiger partial charge in [0.1, 0.15) is 12.1 Å². The number of aryl methyl sites for hydroxylation is 1. The van der Waals surface area contributed by atoms with E-state index in [-0.39, 0.29) is 6.10 Å². The molecular formula is C15H19N5O. The van der Waals surface area contributed by atoms with Crippen molar-refractivity contribution in [2.75, 3.05) is 24.6 Å². The van der Waals surface area contributed by atoms with Crippen molar-refractivity contribution in [3.8, 4) is 0 Å². The highest BCUT2D eigenvalue weighted by molar-refractivity contribution is 5.50. The van der Waals surface area contributed by atoms with Gasteiger partial charge in [-0.25, -0.2) is 9.97 Å². The summed E-state index contributed by atoms with van der Waals surface area (Å²) in [5, 5.41) is 4.26. The average molecular weight is 285 g/mol. The molecule has 1 aliphatic carbocycles. The van der Waals surface area contributed by atoms with Crippen molar-refractivity contribution < 1.29 is 4.74 Å². The minimum absolute atomic E-state index is 0.158. The molecule has 110 valence electrons. The third-order valence-corrected chi connectivity index (χ3v) is 4.24. The molecule has 2 aromatic rings. The summed E-state index contributed by atoms with van der Waals surface area (Å²) in [5.41, 5.74) is 2.58. The zero-order valence-corrected chi connectivity index (χ0v) is 12.0. The molecule has 0 N–H and O–H groups in total. The molecule has 1 atom stereocenters. The normalized spacial score (nSPS) is 21.5. The number of hydrogen-bond acceptors (Lipinski definition) is 5. The molecule has 1 aliphatic heterocycles. The van der Waals surface area contributed by atoms with Crippen molar-refractivity contribution in [2.45, 2.75) is 31.9 Å². The molecule has 6 heteroatoms. The summed E-state index contributed by atoms with van der Waals surface area (Å²) in [7, 11) is 0. The monoisotopic (exact) mass is 285 g/mol. The first kappa shape index (κ1) is 12.8. The SMILES string of the molecule is c1cnn(CC2CN(c3ncnc4c3CCC4)CCO2)c1.